The second kappa shape index (κ2) is 8.26. The zero-order valence-corrected chi connectivity index (χ0v) is 15.5. The van der Waals surface area contributed by atoms with Gasteiger partial charge in [0, 0.05) is 22.7 Å². The number of halogens is 1. The van der Waals surface area contributed by atoms with Gasteiger partial charge in [0.15, 0.2) is 0 Å². The minimum Gasteiger partial charge on any atom is -0.480 e. The molecule has 1 unspecified atom stereocenters. The number of urea groups is 1. The first kappa shape index (κ1) is 19.0. The molecule has 1 atom stereocenters. The van der Waals surface area contributed by atoms with E-state index in [1.165, 1.54) is 12.1 Å². The molecule has 6 nitrogen and oxygen atoms in total. The predicted octanol–water partition coefficient (Wildman–Crippen LogP) is 2.60. The second-order valence-electron chi connectivity index (χ2n) is 6.77. The molecule has 0 spiro atoms. The van der Waals surface area contributed by atoms with E-state index in [0.717, 1.165) is 35.5 Å². The normalized spacial score (nSPS) is 24.5. The van der Waals surface area contributed by atoms with Crippen molar-refractivity contribution in [2.45, 2.75) is 49.2 Å². The fraction of sp³-hybridized carbons (Fsp3) is 0.556. The molecule has 0 bridgehead atoms. The Kier molecular flexibility index (Phi) is 6.03. The highest BCUT2D eigenvalue weighted by atomic mass is 32.2. The number of carbonyl (C=O) groups excluding carboxylic acids is 1. The molecular weight excluding hydrogens is 357 g/mol. The Morgan fingerprint density at radius 3 is 2.81 bits per heavy atom. The van der Waals surface area contributed by atoms with E-state index in [0.29, 0.717) is 6.54 Å². The maximum Gasteiger partial charge on any atom is 0.317 e. The van der Waals surface area contributed by atoms with Gasteiger partial charge in [0.1, 0.15) is 5.82 Å². The number of nitrogens with one attached hydrogen (secondary N) is 2. The van der Waals surface area contributed by atoms with Crippen LogP contribution in [0.5, 0.6) is 0 Å². The van der Waals surface area contributed by atoms with E-state index in [-0.39, 0.29) is 36.5 Å². The van der Waals surface area contributed by atoms with Crippen molar-refractivity contribution in [3.63, 3.8) is 0 Å². The summed E-state index contributed by atoms with van der Waals surface area (Å²) in [6.07, 6.45) is 2.27. The molecule has 1 aliphatic heterocycles. The summed E-state index contributed by atoms with van der Waals surface area (Å²) in [7, 11) is 0. The number of aliphatic carboxylic acids is 1. The maximum atomic E-state index is 13.5. The summed E-state index contributed by atoms with van der Waals surface area (Å²) >= 11 is 1.68. The number of thioether (sulfide) groups is 1. The first-order chi connectivity index (χ1) is 12.5. The number of carboxylic acid groups (broad SMARTS) is 1. The summed E-state index contributed by atoms with van der Waals surface area (Å²) in [6, 6.07) is 4.52. The Morgan fingerprint density at radius 2 is 2.12 bits per heavy atom. The van der Waals surface area contributed by atoms with Gasteiger partial charge in [-0.15, -0.1) is 11.8 Å². The lowest BCUT2D eigenvalue weighted by molar-refractivity contribution is -0.139. The van der Waals surface area contributed by atoms with Gasteiger partial charge in [0.25, 0.3) is 0 Å². The minimum atomic E-state index is -0.831. The summed E-state index contributed by atoms with van der Waals surface area (Å²) in [4.78, 5) is 26.1. The number of nitrogens with zero attached hydrogens (tertiary/aromatic N) is 1. The Labute approximate surface area is 156 Å². The third-order valence-electron chi connectivity index (χ3n) is 5.03. The van der Waals surface area contributed by atoms with E-state index in [2.05, 4.69) is 10.6 Å². The lowest BCUT2D eigenvalue weighted by atomic mass is 9.85. The monoisotopic (exact) mass is 381 g/mol. The third-order valence-corrected chi connectivity index (χ3v) is 6.15. The first-order valence-corrected chi connectivity index (χ1v) is 9.90. The molecule has 142 valence electrons. The van der Waals surface area contributed by atoms with Gasteiger partial charge in [-0.1, -0.05) is 6.92 Å². The SMILES string of the molecule is CCN(CC(=O)O)C1CC(NC(=O)NC2CCSc3ccc(F)cc32)C1. The number of fused-ring (bicyclic) bond motifs is 1. The van der Waals surface area contributed by atoms with Crippen LogP contribution in [0.1, 0.15) is 37.8 Å². The summed E-state index contributed by atoms with van der Waals surface area (Å²) in [5, 5.41) is 14.8. The van der Waals surface area contributed by atoms with Crippen LogP contribution in [0, 0.1) is 5.82 Å². The van der Waals surface area contributed by atoms with Crippen LogP contribution in [0.25, 0.3) is 0 Å². The number of rotatable bonds is 6. The molecule has 1 aliphatic carbocycles. The topological polar surface area (TPSA) is 81.7 Å². The lowest BCUT2D eigenvalue weighted by Crippen LogP contribution is -2.56. The van der Waals surface area contributed by atoms with Gasteiger partial charge in [-0.3, -0.25) is 9.69 Å². The first-order valence-electron chi connectivity index (χ1n) is 8.91. The van der Waals surface area contributed by atoms with Crippen LogP contribution in [-0.4, -0.2) is 52.9 Å². The van der Waals surface area contributed by atoms with Gasteiger partial charge in [0.05, 0.1) is 12.6 Å². The Bertz CT molecular complexity index is 682. The van der Waals surface area contributed by atoms with Crippen molar-refractivity contribution >= 4 is 23.8 Å². The molecule has 1 saturated carbocycles. The molecule has 2 aliphatic rings. The Hall–Kier alpha value is -1.80. The molecule has 0 radical (unpaired) electrons. The van der Waals surface area contributed by atoms with Crippen LogP contribution in [0.2, 0.25) is 0 Å². The quantitative estimate of drug-likeness (QED) is 0.706. The van der Waals surface area contributed by atoms with Crippen LogP contribution >= 0.6 is 11.8 Å². The number of benzene rings is 1. The minimum absolute atomic E-state index is 0.0299. The smallest absolute Gasteiger partial charge is 0.317 e. The van der Waals surface area contributed by atoms with Crippen LogP contribution in [0.15, 0.2) is 23.1 Å². The lowest BCUT2D eigenvalue weighted by Gasteiger charge is -2.42. The molecule has 8 heteroatoms. The van der Waals surface area contributed by atoms with E-state index in [1.807, 2.05) is 11.8 Å². The number of hydrogen-bond acceptors (Lipinski definition) is 4. The number of amides is 2. The van der Waals surface area contributed by atoms with Crippen molar-refractivity contribution in [2.24, 2.45) is 0 Å². The third kappa shape index (κ3) is 4.48. The number of carbonyl (C=O) groups is 2. The molecule has 3 rings (SSSR count). The summed E-state index contributed by atoms with van der Waals surface area (Å²) in [6.45, 7) is 2.65. The van der Waals surface area contributed by atoms with E-state index in [1.54, 1.807) is 17.8 Å². The van der Waals surface area contributed by atoms with Crippen LogP contribution in [0.4, 0.5) is 9.18 Å². The van der Waals surface area contributed by atoms with Gasteiger partial charge in [-0.05, 0) is 49.6 Å². The van der Waals surface area contributed by atoms with Crippen molar-refractivity contribution in [1.29, 1.82) is 0 Å². The van der Waals surface area contributed by atoms with Crippen molar-refractivity contribution in [1.82, 2.24) is 15.5 Å². The fourth-order valence-electron chi connectivity index (χ4n) is 3.58. The highest BCUT2D eigenvalue weighted by Gasteiger charge is 2.35. The predicted molar refractivity (Wildman–Crippen MR) is 97.8 cm³/mol. The van der Waals surface area contributed by atoms with E-state index in [9.17, 15) is 14.0 Å². The molecule has 0 saturated heterocycles. The van der Waals surface area contributed by atoms with Crippen LogP contribution in [-0.2, 0) is 4.79 Å². The summed E-state index contributed by atoms with van der Waals surface area (Å²) < 4.78 is 13.5. The van der Waals surface area contributed by atoms with Gasteiger partial charge in [0.2, 0.25) is 0 Å². The Morgan fingerprint density at radius 1 is 1.35 bits per heavy atom. The number of hydrogen-bond donors (Lipinski definition) is 3. The van der Waals surface area contributed by atoms with E-state index >= 15 is 0 Å². The highest BCUT2D eigenvalue weighted by molar-refractivity contribution is 7.99. The van der Waals surface area contributed by atoms with Gasteiger partial charge < -0.3 is 15.7 Å². The van der Waals surface area contributed by atoms with Crippen LogP contribution in [0.3, 0.4) is 0 Å². The van der Waals surface area contributed by atoms with E-state index in [4.69, 9.17) is 5.11 Å². The fourth-order valence-corrected chi connectivity index (χ4v) is 4.68. The second-order valence-corrected chi connectivity index (χ2v) is 7.91. The molecule has 1 aromatic carbocycles. The summed E-state index contributed by atoms with van der Waals surface area (Å²) in [5.41, 5.74) is 0.835. The van der Waals surface area contributed by atoms with E-state index < -0.39 is 5.97 Å². The molecular formula is C18H24FN3O3S. The van der Waals surface area contributed by atoms with Crippen molar-refractivity contribution in [3.05, 3.63) is 29.6 Å². The van der Waals surface area contributed by atoms with Gasteiger partial charge in [-0.2, -0.15) is 0 Å². The molecule has 2 amide bonds. The zero-order valence-electron chi connectivity index (χ0n) is 14.7. The van der Waals surface area contributed by atoms with Gasteiger partial charge in [-0.25, -0.2) is 9.18 Å². The number of carboxylic acids is 1. The molecule has 1 aromatic rings. The highest BCUT2D eigenvalue weighted by Crippen LogP contribution is 2.36. The molecule has 26 heavy (non-hydrogen) atoms. The average molecular weight is 381 g/mol. The maximum absolute atomic E-state index is 13.5. The number of likely N-dealkylation sites (N-methyl/N-ethyl adjacent to an activating group) is 1. The van der Waals surface area contributed by atoms with Crippen molar-refractivity contribution in [2.75, 3.05) is 18.8 Å². The molecule has 1 heterocycles. The van der Waals surface area contributed by atoms with Crippen molar-refractivity contribution in [3.8, 4) is 0 Å². The standard InChI is InChI=1S/C18H24FN3O3S/c1-2-22(10-17(23)24)13-8-12(9-13)20-18(25)21-15-5-6-26-16-4-3-11(19)7-14(15)16/h3-4,7,12-13,15H,2,5-6,8-10H2,1H3,(H,23,24)(H2,20,21,25). The Balaban J connectivity index is 1.49. The van der Waals surface area contributed by atoms with Gasteiger partial charge >= 0.3 is 12.0 Å². The van der Waals surface area contributed by atoms with Crippen molar-refractivity contribution < 1.29 is 19.1 Å². The average Bonchev–Trinajstić information content (AvgIpc) is 2.56. The largest absolute Gasteiger partial charge is 0.480 e. The zero-order chi connectivity index (χ0) is 18.7. The molecule has 0 aromatic heterocycles. The molecule has 1 fully saturated rings. The summed E-state index contributed by atoms with van der Waals surface area (Å²) in [5.74, 6) is -0.240. The van der Waals surface area contributed by atoms with Crippen LogP contribution < -0.4 is 10.6 Å². The molecule has 3 N–H and O–H groups in total.